The normalized spacial score (nSPS) is 19.2. The number of carbonyl (C=O) groups excluding carboxylic acids is 1. The second kappa shape index (κ2) is 6.84. The van der Waals surface area contributed by atoms with Crippen LogP contribution in [0, 0.1) is 11.7 Å². The number of aliphatic carboxylic acids is 1. The zero-order chi connectivity index (χ0) is 18.1. The summed E-state index contributed by atoms with van der Waals surface area (Å²) in [5.74, 6) is -2.79. The number of hydrogen-bond donors (Lipinski definition) is 2. The molecule has 5 nitrogen and oxygen atoms in total. The fraction of sp³-hybridized carbons (Fsp3) is 0.429. The maximum atomic E-state index is 13.2. The molecule has 1 saturated heterocycles. The van der Waals surface area contributed by atoms with Crippen LogP contribution in [0.1, 0.15) is 18.0 Å². The largest absolute Gasteiger partial charge is 0.481 e. The van der Waals surface area contributed by atoms with Gasteiger partial charge in [-0.2, -0.15) is 13.2 Å². The average Bonchev–Trinajstić information content (AvgIpc) is 2.96. The van der Waals surface area contributed by atoms with Gasteiger partial charge in [0.1, 0.15) is 5.82 Å². The first-order chi connectivity index (χ1) is 11.1. The van der Waals surface area contributed by atoms with E-state index in [0.717, 1.165) is 23.1 Å². The highest BCUT2D eigenvalue weighted by Crippen LogP contribution is 2.34. The summed E-state index contributed by atoms with van der Waals surface area (Å²) in [6, 6.07) is -0.976. The molecular weight excluding hydrogens is 356 g/mol. The Bertz CT molecular complexity index is 653. The van der Waals surface area contributed by atoms with Crippen LogP contribution in [0.2, 0.25) is 5.02 Å². The Balaban J connectivity index is 2.16. The van der Waals surface area contributed by atoms with E-state index in [1.165, 1.54) is 0 Å². The molecule has 1 aliphatic heterocycles. The van der Waals surface area contributed by atoms with Crippen molar-refractivity contribution in [1.82, 2.24) is 10.2 Å². The minimum Gasteiger partial charge on any atom is -0.481 e. The third-order valence-electron chi connectivity index (χ3n) is 3.70. The zero-order valence-electron chi connectivity index (χ0n) is 12.1. The molecule has 1 aromatic carbocycles. The molecule has 10 heteroatoms. The first-order valence-electron chi connectivity index (χ1n) is 6.89. The monoisotopic (exact) mass is 368 g/mol. The second-order valence-electron chi connectivity index (χ2n) is 5.37. The number of carboxylic acid groups (broad SMARTS) is 1. The van der Waals surface area contributed by atoms with E-state index in [9.17, 15) is 27.2 Å². The molecule has 0 aliphatic carbocycles. The summed E-state index contributed by atoms with van der Waals surface area (Å²) in [7, 11) is 0. The first-order valence-corrected chi connectivity index (χ1v) is 7.27. The summed E-state index contributed by atoms with van der Waals surface area (Å²) in [5.41, 5.74) is -0.420. The van der Waals surface area contributed by atoms with Gasteiger partial charge in [0.05, 0.1) is 10.9 Å². The van der Waals surface area contributed by atoms with Gasteiger partial charge in [0.2, 0.25) is 0 Å². The summed E-state index contributed by atoms with van der Waals surface area (Å²) >= 11 is 5.49. The molecule has 1 fully saturated rings. The molecule has 1 aliphatic rings. The molecule has 0 spiro atoms. The number of benzene rings is 1. The van der Waals surface area contributed by atoms with Crippen LogP contribution in [-0.2, 0) is 4.79 Å². The molecule has 0 saturated carbocycles. The summed E-state index contributed by atoms with van der Waals surface area (Å²) in [6.07, 6.45) is -4.66. The van der Waals surface area contributed by atoms with E-state index >= 15 is 0 Å². The van der Waals surface area contributed by atoms with E-state index in [2.05, 4.69) is 0 Å². The van der Waals surface area contributed by atoms with Gasteiger partial charge >= 0.3 is 18.2 Å². The Kier molecular flexibility index (Phi) is 5.22. The summed E-state index contributed by atoms with van der Waals surface area (Å²) in [6.45, 7) is -0.131. The number of nitrogens with zero attached hydrogens (tertiary/aromatic N) is 1. The van der Waals surface area contributed by atoms with Crippen LogP contribution in [0.5, 0.6) is 0 Å². The van der Waals surface area contributed by atoms with E-state index in [0.29, 0.717) is 0 Å². The minimum absolute atomic E-state index is 0.0392. The highest BCUT2D eigenvalue weighted by atomic mass is 35.5. The topological polar surface area (TPSA) is 69.6 Å². The third kappa shape index (κ3) is 4.08. The van der Waals surface area contributed by atoms with Crippen LogP contribution < -0.4 is 5.32 Å². The van der Waals surface area contributed by atoms with E-state index in [1.54, 1.807) is 0 Å². The molecule has 1 heterocycles. The molecule has 24 heavy (non-hydrogen) atoms. The minimum atomic E-state index is -4.83. The lowest BCUT2D eigenvalue weighted by molar-refractivity contribution is -0.155. The Morgan fingerprint density at radius 3 is 2.54 bits per heavy atom. The Hall–Kier alpha value is -2.03. The fourth-order valence-electron chi connectivity index (χ4n) is 2.41. The molecule has 0 radical (unpaired) electrons. The van der Waals surface area contributed by atoms with Crippen molar-refractivity contribution in [2.45, 2.75) is 18.6 Å². The number of urea groups is 1. The molecule has 2 atom stereocenters. The van der Waals surface area contributed by atoms with E-state index in [-0.39, 0.29) is 19.5 Å². The molecule has 2 N–H and O–H groups in total. The van der Waals surface area contributed by atoms with E-state index < -0.39 is 46.5 Å². The van der Waals surface area contributed by atoms with Crippen LogP contribution in [0.4, 0.5) is 22.4 Å². The van der Waals surface area contributed by atoms with Crippen LogP contribution >= 0.6 is 11.6 Å². The highest BCUT2D eigenvalue weighted by Gasteiger charge is 2.43. The number of carbonyl (C=O) groups is 2. The molecule has 2 unspecified atom stereocenters. The molecule has 1 aromatic rings. The maximum Gasteiger partial charge on any atom is 0.412 e. The summed E-state index contributed by atoms with van der Waals surface area (Å²) in [4.78, 5) is 23.9. The molecule has 2 rings (SSSR count). The number of hydrogen-bond acceptors (Lipinski definition) is 2. The molecule has 2 amide bonds. The van der Waals surface area contributed by atoms with Gasteiger partial charge in [-0.3, -0.25) is 4.79 Å². The Morgan fingerprint density at radius 2 is 2.04 bits per heavy atom. The highest BCUT2D eigenvalue weighted by molar-refractivity contribution is 6.30. The van der Waals surface area contributed by atoms with Gasteiger partial charge in [-0.15, -0.1) is 0 Å². The lowest BCUT2D eigenvalue weighted by Crippen LogP contribution is -2.45. The maximum absolute atomic E-state index is 13.2. The standard InChI is InChI=1S/C14H13ClF4N2O3/c15-9-5-7(1-2-10(9)16)11(14(17,18)19)20-13(24)21-4-3-8(6-21)12(22)23/h1-2,5,8,11H,3-4,6H2,(H,20,24)(H,22,23). The van der Waals surface area contributed by atoms with Gasteiger partial charge in [-0.05, 0) is 24.1 Å². The fourth-order valence-corrected chi connectivity index (χ4v) is 2.60. The Labute approximate surface area is 139 Å². The van der Waals surface area contributed by atoms with Gasteiger partial charge in [0.25, 0.3) is 0 Å². The van der Waals surface area contributed by atoms with Crippen molar-refractivity contribution in [1.29, 1.82) is 0 Å². The average molecular weight is 369 g/mol. The zero-order valence-corrected chi connectivity index (χ0v) is 12.9. The number of amides is 2. The molecular formula is C14H13ClF4N2O3. The Morgan fingerprint density at radius 1 is 1.38 bits per heavy atom. The van der Waals surface area contributed by atoms with E-state index in [1.807, 2.05) is 5.32 Å². The SMILES string of the molecule is O=C(O)C1CCN(C(=O)NC(c2ccc(F)c(Cl)c2)C(F)(F)F)C1. The first kappa shape index (κ1) is 18.3. The quantitative estimate of drug-likeness (QED) is 0.805. The molecule has 0 bridgehead atoms. The van der Waals surface area contributed by atoms with Crippen molar-refractivity contribution in [3.63, 3.8) is 0 Å². The van der Waals surface area contributed by atoms with Crippen molar-refractivity contribution < 1.29 is 32.3 Å². The molecule has 132 valence electrons. The van der Waals surface area contributed by atoms with Gasteiger partial charge in [0.15, 0.2) is 6.04 Å². The van der Waals surface area contributed by atoms with Crippen molar-refractivity contribution in [2.24, 2.45) is 5.92 Å². The predicted octanol–water partition coefficient (Wildman–Crippen LogP) is 3.20. The van der Waals surface area contributed by atoms with Gasteiger partial charge in [-0.25, -0.2) is 9.18 Å². The number of rotatable bonds is 3. The lowest BCUT2D eigenvalue weighted by atomic mass is 10.1. The number of halogens is 5. The van der Waals surface area contributed by atoms with Gasteiger partial charge in [-0.1, -0.05) is 17.7 Å². The molecule has 0 aromatic heterocycles. The van der Waals surface area contributed by atoms with Crippen molar-refractivity contribution in [2.75, 3.05) is 13.1 Å². The predicted molar refractivity (Wildman–Crippen MR) is 76.1 cm³/mol. The van der Waals surface area contributed by atoms with Crippen LogP contribution in [0.15, 0.2) is 18.2 Å². The number of likely N-dealkylation sites (tertiary alicyclic amines) is 1. The van der Waals surface area contributed by atoms with E-state index in [4.69, 9.17) is 16.7 Å². The number of carboxylic acids is 1. The number of nitrogens with one attached hydrogen (secondary N) is 1. The van der Waals surface area contributed by atoms with Gasteiger partial charge in [0, 0.05) is 13.1 Å². The third-order valence-corrected chi connectivity index (χ3v) is 3.99. The van der Waals surface area contributed by atoms with Gasteiger partial charge < -0.3 is 15.3 Å². The smallest absolute Gasteiger partial charge is 0.412 e. The van der Waals surface area contributed by atoms with Crippen molar-refractivity contribution in [3.05, 3.63) is 34.6 Å². The van der Waals surface area contributed by atoms with Crippen LogP contribution in [0.3, 0.4) is 0 Å². The van der Waals surface area contributed by atoms with Crippen molar-refractivity contribution >= 4 is 23.6 Å². The van der Waals surface area contributed by atoms with Crippen molar-refractivity contribution in [3.8, 4) is 0 Å². The lowest BCUT2D eigenvalue weighted by Gasteiger charge is -2.25. The summed E-state index contributed by atoms with van der Waals surface area (Å²) < 4.78 is 52.8. The second-order valence-corrected chi connectivity index (χ2v) is 5.77. The van der Waals surface area contributed by atoms with Crippen LogP contribution in [-0.4, -0.2) is 41.3 Å². The van der Waals surface area contributed by atoms with Crippen LogP contribution in [0.25, 0.3) is 0 Å². The number of alkyl halides is 3. The summed E-state index contributed by atoms with van der Waals surface area (Å²) in [5, 5.41) is 10.2.